The van der Waals surface area contributed by atoms with E-state index in [4.69, 9.17) is 0 Å². The van der Waals surface area contributed by atoms with Gasteiger partial charge in [-0.3, -0.25) is 6.08 Å². The number of para-hydroxylation sites is 1. The Morgan fingerprint density at radius 2 is 1.50 bits per heavy atom. The van der Waals surface area contributed by atoms with Crippen LogP contribution >= 0.6 is 9.69 Å². The van der Waals surface area contributed by atoms with Gasteiger partial charge in [0.25, 0.3) is 0 Å². The first-order chi connectivity index (χ1) is 16.3. The second kappa shape index (κ2) is 14.2. The Kier molecular flexibility index (Phi) is 12.4. The number of rotatable bonds is 3. The molecule has 0 bridgehead atoms. The van der Waals surface area contributed by atoms with Crippen LogP contribution < -0.4 is 4.90 Å². The predicted octanol–water partition coefficient (Wildman–Crippen LogP) is 10.2. The van der Waals surface area contributed by atoms with Gasteiger partial charge in [-0.2, -0.15) is 6.42 Å². The SMILES string of the molecule is CC(C)c1cccc(C(C)C)c1N1[CH-]C2(CCCCC2)CC1(C)C.[C-]1=CCC/C=C\CC1.[Cl][Rh+2]. The summed E-state index contributed by atoms with van der Waals surface area (Å²) in [6, 6.07) is 6.96. The fourth-order valence-corrected chi connectivity index (χ4v) is 5.95. The molecule has 0 unspecified atom stereocenters. The van der Waals surface area contributed by atoms with E-state index in [1.807, 2.05) is 17.3 Å². The summed E-state index contributed by atoms with van der Waals surface area (Å²) in [5.41, 5.74) is 5.19. The predicted molar refractivity (Wildman–Crippen MR) is 147 cm³/mol. The van der Waals surface area contributed by atoms with Crippen LogP contribution in [-0.4, -0.2) is 5.54 Å². The summed E-state index contributed by atoms with van der Waals surface area (Å²) < 4.78 is 0. The molecular weight excluding hydrogens is 525 g/mol. The summed E-state index contributed by atoms with van der Waals surface area (Å²) in [4.78, 5) is 2.68. The van der Waals surface area contributed by atoms with Crippen molar-refractivity contribution in [2.45, 2.75) is 123 Å². The zero-order chi connectivity index (χ0) is 25.2. The monoisotopic (exact) mass is 571 g/mol. The number of nitrogens with zero attached hydrogens (tertiary/aromatic N) is 1. The zero-order valence-corrected chi connectivity index (χ0v) is 24.8. The first-order valence-electron chi connectivity index (χ1n) is 13.4. The fraction of sp³-hybridized carbons (Fsp3) is 0.645. The minimum absolute atomic E-state index is 0.214. The standard InChI is InChI=1S/C23H36N.C8H11.ClH.Rh/c1-17(2)19-11-10-12-20(18(3)4)21(19)24-16-23(15-22(24,5)6)13-8-7-9-14-23;1-2-4-6-8-7-5-3-1;;/h10-12,16-18H,7-9,13-15H2,1-6H3;1-2,7H,3-6H2;1H;/q2*-1;;+3/p-1/b;2-1-;;. The molecule has 0 atom stereocenters. The Labute approximate surface area is 225 Å². The van der Waals surface area contributed by atoms with Crippen molar-refractivity contribution in [3.63, 3.8) is 0 Å². The molecule has 1 saturated carbocycles. The number of hydrogen-bond acceptors (Lipinski definition) is 1. The van der Waals surface area contributed by atoms with Gasteiger partial charge in [-0.25, -0.2) is 6.54 Å². The molecular formula is C31H47ClNRh. The molecule has 34 heavy (non-hydrogen) atoms. The van der Waals surface area contributed by atoms with Gasteiger partial charge >= 0.3 is 27.0 Å². The maximum atomic E-state index is 4.53. The van der Waals surface area contributed by atoms with E-state index in [1.54, 1.807) is 0 Å². The van der Waals surface area contributed by atoms with Crippen molar-refractivity contribution in [2.75, 3.05) is 4.90 Å². The molecule has 0 radical (unpaired) electrons. The van der Waals surface area contributed by atoms with Gasteiger partial charge in [-0.05, 0) is 43.2 Å². The summed E-state index contributed by atoms with van der Waals surface area (Å²) >= 11 is 2.02. The molecule has 2 fully saturated rings. The van der Waals surface area contributed by atoms with Gasteiger partial charge < -0.3 is 11.0 Å². The molecule has 1 aromatic carbocycles. The third kappa shape index (κ3) is 7.96. The van der Waals surface area contributed by atoms with E-state index in [1.165, 1.54) is 74.6 Å². The molecule has 3 aliphatic rings. The van der Waals surface area contributed by atoms with E-state index in [0.717, 1.165) is 6.42 Å². The molecule has 0 amide bonds. The Hall–Kier alpha value is -0.587. The number of halogens is 1. The van der Waals surface area contributed by atoms with Gasteiger partial charge in [0.15, 0.2) is 0 Å². The van der Waals surface area contributed by atoms with Crippen LogP contribution in [0.5, 0.6) is 0 Å². The van der Waals surface area contributed by atoms with Gasteiger partial charge in [0.05, 0.1) is 0 Å². The van der Waals surface area contributed by atoms with Crippen molar-refractivity contribution in [1.29, 1.82) is 0 Å². The molecule has 1 aliphatic heterocycles. The van der Waals surface area contributed by atoms with Gasteiger partial charge in [-0.15, -0.1) is 5.41 Å². The molecule has 192 valence electrons. The van der Waals surface area contributed by atoms with Crippen molar-refractivity contribution in [2.24, 2.45) is 5.41 Å². The topological polar surface area (TPSA) is 3.24 Å². The third-order valence-corrected chi connectivity index (χ3v) is 7.52. The van der Waals surface area contributed by atoms with Crippen molar-refractivity contribution in [3.8, 4) is 0 Å². The number of benzene rings is 1. The molecule has 1 spiro atoms. The average molecular weight is 572 g/mol. The van der Waals surface area contributed by atoms with Gasteiger partial charge in [0.2, 0.25) is 0 Å². The molecule has 2 aliphatic carbocycles. The Bertz CT molecular complexity index is 734. The third-order valence-electron chi connectivity index (χ3n) is 7.52. The normalized spacial score (nSPS) is 21.9. The minimum atomic E-state index is 0.214. The summed E-state index contributed by atoms with van der Waals surface area (Å²) in [5, 5.41) is 0. The van der Waals surface area contributed by atoms with E-state index in [0.29, 0.717) is 17.3 Å². The molecule has 0 aromatic heterocycles. The van der Waals surface area contributed by atoms with Crippen molar-refractivity contribution < 1.29 is 17.3 Å². The van der Waals surface area contributed by atoms with Crippen LogP contribution in [0.15, 0.2) is 36.4 Å². The summed E-state index contributed by atoms with van der Waals surface area (Å²) in [5.74, 6) is 1.12. The maximum absolute atomic E-state index is 4.53. The second-order valence-corrected chi connectivity index (χ2v) is 11.5. The number of allylic oxidation sites excluding steroid dienone is 4. The van der Waals surface area contributed by atoms with E-state index in [-0.39, 0.29) is 5.54 Å². The Balaban J connectivity index is 0.000000343. The van der Waals surface area contributed by atoms with Gasteiger partial charge in [0, 0.05) is 11.2 Å². The molecule has 1 nitrogen and oxygen atoms in total. The van der Waals surface area contributed by atoms with Crippen molar-refractivity contribution in [1.82, 2.24) is 0 Å². The van der Waals surface area contributed by atoms with Crippen LogP contribution in [0.1, 0.15) is 129 Å². The number of hydrogen-bond donors (Lipinski definition) is 0. The molecule has 1 heterocycles. The van der Waals surface area contributed by atoms with E-state index in [9.17, 15) is 0 Å². The van der Waals surface area contributed by atoms with Crippen LogP contribution in [0.4, 0.5) is 5.69 Å². The van der Waals surface area contributed by atoms with Crippen molar-refractivity contribution in [3.05, 3.63) is 60.2 Å². The zero-order valence-electron chi connectivity index (χ0n) is 22.4. The van der Waals surface area contributed by atoms with Crippen LogP contribution in [-0.2, 0) is 17.3 Å². The first kappa shape index (κ1) is 29.6. The summed E-state index contributed by atoms with van der Waals surface area (Å²) in [6.45, 7) is 16.9. The van der Waals surface area contributed by atoms with Crippen molar-refractivity contribution >= 4 is 15.4 Å². The van der Waals surface area contributed by atoms with Gasteiger partial charge in [-0.1, -0.05) is 109 Å². The second-order valence-electron chi connectivity index (χ2n) is 11.5. The van der Waals surface area contributed by atoms with Crippen LogP contribution in [0.3, 0.4) is 0 Å². The van der Waals surface area contributed by atoms with Crippen LogP contribution in [0.25, 0.3) is 0 Å². The van der Waals surface area contributed by atoms with Crippen LogP contribution in [0, 0.1) is 18.0 Å². The Morgan fingerprint density at radius 3 is 2.09 bits per heavy atom. The number of anilines is 1. The van der Waals surface area contributed by atoms with Crippen LogP contribution in [0.2, 0.25) is 0 Å². The van der Waals surface area contributed by atoms with E-state index >= 15 is 0 Å². The Morgan fingerprint density at radius 1 is 0.912 bits per heavy atom. The molecule has 1 aromatic rings. The molecule has 3 heteroatoms. The van der Waals surface area contributed by atoms with E-state index < -0.39 is 0 Å². The molecule has 0 N–H and O–H groups in total. The average Bonchev–Trinajstić information content (AvgIpc) is 3.04. The quantitative estimate of drug-likeness (QED) is 0.198. The summed E-state index contributed by atoms with van der Waals surface area (Å²) in [6.07, 6.45) is 22.8. The van der Waals surface area contributed by atoms with Gasteiger partial charge in [0.1, 0.15) is 0 Å². The first-order valence-corrected chi connectivity index (χ1v) is 15.5. The molecule has 4 rings (SSSR count). The van der Waals surface area contributed by atoms with E-state index in [2.05, 4.69) is 105 Å². The fourth-order valence-electron chi connectivity index (χ4n) is 5.95. The summed E-state index contributed by atoms with van der Waals surface area (Å²) in [7, 11) is 4.53. The molecule has 1 saturated heterocycles.